The van der Waals surface area contributed by atoms with Gasteiger partial charge in [-0.15, -0.1) is 11.3 Å². The van der Waals surface area contributed by atoms with Crippen LogP contribution in [0.5, 0.6) is 0 Å². The van der Waals surface area contributed by atoms with E-state index in [1.807, 2.05) is 38.1 Å². The van der Waals surface area contributed by atoms with Crippen molar-refractivity contribution < 1.29 is 14.0 Å². The number of hydrazine groups is 1. The highest BCUT2D eigenvalue weighted by Gasteiger charge is 2.19. The molecule has 1 aromatic carbocycles. The van der Waals surface area contributed by atoms with Crippen molar-refractivity contribution in [3.63, 3.8) is 0 Å². The average molecular weight is 497 g/mol. The number of carbonyl (C=O) groups is 2. The molecule has 0 bridgehead atoms. The SMILES string of the molecule is CCc1sc2nc(SCC(=O)NNC(=O)c3ccco3)n(Cc3ccc(C)cc3)c(=O)c2c1C. The lowest BCUT2D eigenvalue weighted by Crippen LogP contribution is -2.42. The Bertz CT molecular complexity index is 1390. The van der Waals surface area contributed by atoms with Crippen LogP contribution < -0.4 is 16.4 Å². The van der Waals surface area contributed by atoms with Gasteiger partial charge < -0.3 is 4.42 Å². The molecule has 0 atom stereocenters. The smallest absolute Gasteiger partial charge is 0.305 e. The number of thiophene rings is 1. The van der Waals surface area contributed by atoms with Crippen LogP contribution in [-0.2, 0) is 17.8 Å². The molecular formula is C24H24N4O4S2. The second-order valence-corrected chi connectivity index (χ2v) is 9.75. The van der Waals surface area contributed by atoms with E-state index in [1.165, 1.54) is 23.7 Å². The Balaban J connectivity index is 1.58. The Hall–Kier alpha value is -3.37. The number of thioether (sulfide) groups is 1. The first-order valence-electron chi connectivity index (χ1n) is 10.7. The normalized spacial score (nSPS) is 11.0. The topological polar surface area (TPSA) is 106 Å². The van der Waals surface area contributed by atoms with Crippen LogP contribution in [0.2, 0.25) is 0 Å². The first-order valence-corrected chi connectivity index (χ1v) is 12.5. The van der Waals surface area contributed by atoms with Crippen molar-refractivity contribution in [2.75, 3.05) is 5.75 Å². The molecule has 0 aliphatic rings. The molecule has 0 fully saturated rings. The molecule has 34 heavy (non-hydrogen) atoms. The second kappa shape index (κ2) is 10.3. The highest BCUT2D eigenvalue weighted by atomic mass is 32.2. The van der Waals surface area contributed by atoms with E-state index in [1.54, 1.807) is 10.6 Å². The summed E-state index contributed by atoms with van der Waals surface area (Å²) >= 11 is 2.66. The standard InChI is InChI=1S/C24H24N4O4S2/c1-4-18-15(3)20-22(34-18)25-24(28(23(20)31)12-16-9-7-14(2)8-10-16)33-13-19(29)26-27-21(30)17-6-5-11-32-17/h5-11H,4,12-13H2,1-3H3,(H,26,29)(H,27,30). The van der Waals surface area contributed by atoms with Gasteiger partial charge in [0.05, 0.1) is 23.9 Å². The van der Waals surface area contributed by atoms with E-state index in [2.05, 4.69) is 17.8 Å². The third-order valence-electron chi connectivity index (χ3n) is 5.29. The molecule has 3 aromatic heterocycles. The van der Waals surface area contributed by atoms with Crippen LogP contribution in [0, 0.1) is 13.8 Å². The minimum Gasteiger partial charge on any atom is -0.459 e. The Morgan fingerprint density at radius 2 is 1.91 bits per heavy atom. The molecule has 3 heterocycles. The van der Waals surface area contributed by atoms with Gasteiger partial charge in [0.15, 0.2) is 10.9 Å². The largest absolute Gasteiger partial charge is 0.459 e. The molecule has 10 heteroatoms. The van der Waals surface area contributed by atoms with Crippen molar-refractivity contribution in [3.8, 4) is 0 Å². The van der Waals surface area contributed by atoms with Gasteiger partial charge in [-0.3, -0.25) is 29.8 Å². The van der Waals surface area contributed by atoms with Gasteiger partial charge >= 0.3 is 5.91 Å². The summed E-state index contributed by atoms with van der Waals surface area (Å²) in [6, 6.07) is 11.0. The number of aromatic nitrogens is 2. The maximum absolute atomic E-state index is 13.5. The van der Waals surface area contributed by atoms with Crippen molar-refractivity contribution in [2.45, 2.75) is 38.9 Å². The van der Waals surface area contributed by atoms with Crippen LogP contribution in [0.15, 0.2) is 57.0 Å². The summed E-state index contributed by atoms with van der Waals surface area (Å²) in [7, 11) is 0. The Labute approximate surface area is 204 Å². The van der Waals surface area contributed by atoms with Gasteiger partial charge in [0, 0.05) is 4.88 Å². The molecule has 0 aliphatic heterocycles. The average Bonchev–Trinajstić information content (AvgIpc) is 3.47. The van der Waals surface area contributed by atoms with Crippen LogP contribution >= 0.6 is 23.1 Å². The molecule has 0 unspecified atom stereocenters. The number of hydrogen-bond donors (Lipinski definition) is 2. The molecule has 176 valence electrons. The maximum Gasteiger partial charge on any atom is 0.305 e. The van der Waals surface area contributed by atoms with Crippen molar-refractivity contribution >= 4 is 45.1 Å². The summed E-state index contributed by atoms with van der Waals surface area (Å²) in [4.78, 5) is 44.4. The lowest BCUT2D eigenvalue weighted by molar-refractivity contribution is -0.119. The highest BCUT2D eigenvalue weighted by molar-refractivity contribution is 7.99. The zero-order chi connectivity index (χ0) is 24.2. The van der Waals surface area contributed by atoms with Crippen LogP contribution in [0.4, 0.5) is 0 Å². The quantitative estimate of drug-likeness (QED) is 0.229. The van der Waals surface area contributed by atoms with Crippen molar-refractivity contribution in [1.29, 1.82) is 0 Å². The summed E-state index contributed by atoms with van der Waals surface area (Å²) < 4.78 is 6.61. The van der Waals surface area contributed by atoms with Crippen molar-refractivity contribution in [2.24, 2.45) is 0 Å². The third-order valence-corrected chi connectivity index (χ3v) is 7.60. The number of amides is 2. The molecule has 2 N–H and O–H groups in total. The summed E-state index contributed by atoms with van der Waals surface area (Å²) in [6.45, 7) is 6.37. The number of nitrogens with zero attached hydrogens (tertiary/aromatic N) is 2. The Kier molecular flexibility index (Phi) is 7.18. The maximum atomic E-state index is 13.5. The van der Waals surface area contributed by atoms with Gasteiger partial charge in [0.25, 0.3) is 5.56 Å². The van der Waals surface area contributed by atoms with Crippen LogP contribution in [0.3, 0.4) is 0 Å². The van der Waals surface area contributed by atoms with Crippen LogP contribution in [-0.4, -0.2) is 27.1 Å². The van der Waals surface area contributed by atoms with Gasteiger partial charge in [0.1, 0.15) is 4.83 Å². The lowest BCUT2D eigenvalue weighted by atomic mass is 10.1. The minimum absolute atomic E-state index is 0.0325. The third kappa shape index (κ3) is 5.07. The second-order valence-electron chi connectivity index (χ2n) is 7.72. The van der Waals surface area contributed by atoms with E-state index in [-0.39, 0.29) is 17.1 Å². The van der Waals surface area contributed by atoms with E-state index >= 15 is 0 Å². The van der Waals surface area contributed by atoms with Gasteiger partial charge in [-0.1, -0.05) is 48.5 Å². The van der Waals surface area contributed by atoms with Gasteiger partial charge in [-0.2, -0.15) is 0 Å². The minimum atomic E-state index is -0.555. The molecule has 0 radical (unpaired) electrons. The van der Waals surface area contributed by atoms with Gasteiger partial charge in [-0.25, -0.2) is 4.98 Å². The first-order chi connectivity index (χ1) is 16.4. The fourth-order valence-electron chi connectivity index (χ4n) is 3.47. The van der Waals surface area contributed by atoms with E-state index in [0.29, 0.717) is 21.9 Å². The summed E-state index contributed by atoms with van der Waals surface area (Å²) in [5.41, 5.74) is 7.61. The van der Waals surface area contributed by atoms with E-state index < -0.39 is 11.8 Å². The Morgan fingerprint density at radius 3 is 2.59 bits per heavy atom. The molecular weight excluding hydrogens is 472 g/mol. The van der Waals surface area contributed by atoms with Crippen LogP contribution in [0.1, 0.15) is 39.0 Å². The molecule has 0 saturated heterocycles. The summed E-state index contributed by atoms with van der Waals surface area (Å²) in [6.07, 6.45) is 2.20. The number of benzene rings is 1. The van der Waals surface area contributed by atoms with E-state index in [4.69, 9.17) is 9.40 Å². The number of furan rings is 1. The van der Waals surface area contributed by atoms with E-state index in [0.717, 1.165) is 39.8 Å². The first kappa shape index (κ1) is 23.8. The predicted octanol–water partition coefficient (Wildman–Crippen LogP) is 3.83. The molecule has 0 saturated carbocycles. The van der Waals surface area contributed by atoms with E-state index in [9.17, 15) is 14.4 Å². The number of hydrogen-bond acceptors (Lipinski definition) is 7. The lowest BCUT2D eigenvalue weighted by Gasteiger charge is -2.13. The monoisotopic (exact) mass is 496 g/mol. The molecule has 8 nitrogen and oxygen atoms in total. The zero-order valence-corrected chi connectivity index (χ0v) is 20.6. The summed E-state index contributed by atoms with van der Waals surface area (Å²) in [5, 5.41) is 1.09. The van der Waals surface area contributed by atoms with Gasteiger partial charge in [-0.05, 0) is 43.5 Å². The van der Waals surface area contributed by atoms with Crippen LogP contribution in [0.25, 0.3) is 10.2 Å². The van der Waals surface area contributed by atoms with Crippen molar-refractivity contribution in [1.82, 2.24) is 20.4 Å². The Morgan fingerprint density at radius 1 is 1.15 bits per heavy atom. The number of rotatable bonds is 7. The molecule has 0 spiro atoms. The van der Waals surface area contributed by atoms with Crippen molar-refractivity contribution in [3.05, 3.63) is 80.3 Å². The number of aryl methyl sites for hydroxylation is 3. The zero-order valence-electron chi connectivity index (χ0n) is 19.0. The van der Waals surface area contributed by atoms with Gasteiger partial charge in [0.2, 0.25) is 5.91 Å². The fraction of sp³-hybridized carbons (Fsp3) is 0.250. The fourth-order valence-corrected chi connectivity index (χ4v) is 5.43. The number of fused-ring (bicyclic) bond motifs is 1. The number of carbonyl (C=O) groups excluding carboxylic acids is 2. The predicted molar refractivity (Wildman–Crippen MR) is 133 cm³/mol. The molecule has 2 amide bonds. The molecule has 4 aromatic rings. The molecule has 4 rings (SSSR count). The highest BCUT2D eigenvalue weighted by Crippen LogP contribution is 2.29. The molecule has 0 aliphatic carbocycles. The number of nitrogens with one attached hydrogen (secondary N) is 2. The summed E-state index contributed by atoms with van der Waals surface area (Å²) in [5.74, 6) is -0.931.